The van der Waals surface area contributed by atoms with Crippen LogP contribution in [0.4, 0.5) is 0 Å². The molecule has 0 aliphatic carbocycles. The molecule has 0 bridgehead atoms. The largest absolute Gasteiger partial charge is 0.336 e. The fourth-order valence-electron chi connectivity index (χ4n) is 2.59. The molecule has 5 heteroatoms. The Morgan fingerprint density at radius 1 is 1.20 bits per heavy atom. The van der Waals surface area contributed by atoms with Crippen molar-refractivity contribution in [3.8, 4) is 0 Å². The van der Waals surface area contributed by atoms with Gasteiger partial charge in [-0.15, -0.1) is 0 Å². The van der Waals surface area contributed by atoms with E-state index in [0.29, 0.717) is 13.1 Å². The molecule has 20 heavy (non-hydrogen) atoms. The van der Waals surface area contributed by atoms with Gasteiger partial charge in [0.15, 0.2) is 0 Å². The Bertz CT molecular complexity index is 563. The van der Waals surface area contributed by atoms with Gasteiger partial charge in [-0.1, -0.05) is 20.8 Å². The van der Waals surface area contributed by atoms with Gasteiger partial charge in [-0.2, -0.15) is 0 Å². The third-order valence-electron chi connectivity index (χ3n) is 3.71. The lowest BCUT2D eigenvalue weighted by Crippen LogP contribution is -2.48. The van der Waals surface area contributed by atoms with Crippen molar-refractivity contribution in [1.29, 1.82) is 0 Å². The number of rotatable bonds is 1. The van der Waals surface area contributed by atoms with Gasteiger partial charge >= 0.3 is 0 Å². The number of nitrogens with zero attached hydrogens (tertiary/aromatic N) is 2. The highest BCUT2D eigenvalue weighted by Crippen LogP contribution is 2.20. The third-order valence-corrected chi connectivity index (χ3v) is 3.71. The molecular formula is C15H23N3O2. The van der Waals surface area contributed by atoms with Gasteiger partial charge in [-0.3, -0.25) is 9.59 Å². The van der Waals surface area contributed by atoms with E-state index in [0.717, 1.165) is 18.8 Å². The number of amides is 1. The SMILES string of the molecule is Cn1c(C(C)(C)C)ccc(C(=O)N2CCNCC2)c1=O. The molecule has 2 rings (SSSR count). The Labute approximate surface area is 119 Å². The molecular weight excluding hydrogens is 254 g/mol. The van der Waals surface area contributed by atoms with E-state index in [1.807, 2.05) is 6.07 Å². The summed E-state index contributed by atoms with van der Waals surface area (Å²) in [5, 5.41) is 3.20. The first-order valence-electron chi connectivity index (χ1n) is 7.03. The van der Waals surface area contributed by atoms with E-state index in [2.05, 4.69) is 26.1 Å². The van der Waals surface area contributed by atoms with Crippen LogP contribution in [-0.2, 0) is 12.5 Å². The second kappa shape index (κ2) is 5.40. The maximum absolute atomic E-state index is 12.4. The molecule has 0 saturated carbocycles. The summed E-state index contributed by atoms with van der Waals surface area (Å²) in [6.07, 6.45) is 0. The highest BCUT2D eigenvalue weighted by atomic mass is 16.2. The van der Waals surface area contributed by atoms with Crippen LogP contribution in [0.5, 0.6) is 0 Å². The lowest BCUT2D eigenvalue weighted by Gasteiger charge is -2.28. The highest BCUT2D eigenvalue weighted by molar-refractivity contribution is 5.94. The minimum Gasteiger partial charge on any atom is -0.336 e. The standard InChI is InChI=1S/C15H23N3O2/c1-15(2,3)12-6-5-11(13(19)17(12)4)14(20)18-9-7-16-8-10-18/h5-6,16H,7-10H2,1-4H3. The van der Waals surface area contributed by atoms with Crippen LogP contribution in [0, 0.1) is 0 Å². The molecule has 0 radical (unpaired) electrons. The van der Waals surface area contributed by atoms with E-state index in [1.54, 1.807) is 22.6 Å². The maximum Gasteiger partial charge on any atom is 0.263 e. The van der Waals surface area contributed by atoms with Gasteiger partial charge in [-0.25, -0.2) is 0 Å². The summed E-state index contributed by atoms with van der Waals surface area (Å²) in [5.41, 5.74) is 0.868. The van der Waals surface area contributed by atoms with Crippen LogP contribution in [0.1, 0.15) is 36.8 Å². The predicted molar refractivity (Wildman–Crippen MR) is 79.2 cm³/mol. The van der Waals surface area contributed by atoms with Gasteiger partial charge < -0.3 is 14.8 Å². The molecule has 1 N–H and O–H groups in total. The van der Waals surface area contributed by atoms with Crippen molar-refractivity contribution < 1.29 is 4.79 Å². The Morgan fingerprint density at radius 3 is 2.35 bits per heavy atom. The first-order chi connectivity index (χ1) is 9.32. The first-order valence-corrected chi connectivity index (χ1v) is 7.03. The minimum absolute atomic E-state index is 0.121. The number of nitrogens with one attached hydrogen (secondary N) is 1. The van der Waals surface area contributed by atoms with Crippen molar-refractivity contribution >= 4 is 5.91 Å². The number of piperazine rings is 1. The summed E-state index contributed by atoms with van der Waals surface area (Å²) < 4.78 is 1.59. The number of aromatic nitrogens is 1. The van der Waals surface area contributed by atoms with Crippen LogP contribution in [0.2, 0.25) is 0 Å². The normalized spacial score (nSPS) is 16.3. The zero-order valence-corrected chi connectivity index (χ0v) is 12.7. The summed E-state index contributed by atoms with van der Waals surface area (Å²) >= 11 is 0. The molecule has 1 aliphatic rings. The fourth-order valence-corrected chi connectivity index (χ4v) is 2.59. The van der Waals surface area contributed by atoms with Crippen molar-refractivity contribution in [2.45, 2.75) is 26.2 Å². The molecule has 1 aromatic rings. The zero-order chi connectivity index (χ0) is 14.9. The molecule has 1 aliphatic heterocycles. The van der Waals surface area contributed by atoms with Gasteiger partial charge in [0, 0.05) is 44.3 Å². The van der Waals surface area contributed by atoms with Crippen molar-refractivity contribution in [2.24, 2.45) is 7.05 Å². The first kappa shape index (κ1) is 14.8. The molecule has 110 valence electrons. The average molecular weight is 277 g/mol. The molecule has 5 nitrogen and oxygen atoms in total. The van der Waals surface area contributed by atoms with Crippen molar-refractivity contribution in [2.75, 3.05) is 26.2 Å². The minimum atomic E-state index is -0.207. The van der Waals surface area contributed by atoms with Gasteiger partial charge in [0.05, 0.1) is 0 Å². The van der Waals surface area contributed by atoms with E-state index >= 15 is 0 Å². The van der Waals surface area contributed by atoms with Gasteiger partial charge in [-0.05, 0) is 12.1 Å². The molecule has 0 spiro atoms. The molecule has 0 unspecified atom stereocenters. The molecule has 1 saturated heterocycles. The van der Waals surface area contributed by atoms with Crippen molar-refractivity contribution in [3.05, 3.63) is 33.7 Å². The van der Waals surface area contributed by atoms with E-state index in [9.17, 15) is 9.59 Å². The second-order valence-corrected chi connectivity index (χ2v) is 6.29. The average Bonchev–Trinajstić information content (AvgIpc) is 2.40. The van der Waals surface area contributed by atoms with Crippen LogP contribution in [0.15, 0.2) is 16.9 Å². The number of hydrogen-bond donors (Lipinski definition) is 1. The number of pyridine rings is 1. The van der Waals surface area contributed by atoms with Gasteiger partial charge in [0.25, 0.3) is 11.5 Å². The topological polar surface area (TPSA) is 54.3 Å². The molecule has 0 aromatic carbocycles. The van der Waals surface area contributed by atoms with Gasteiger partial charge in [0.1, 0.15) is 5.56 Å². The summed E-state index contributed by atoms with van der Waals surface area (Å²) in [6.45, 7) is 9.04. The van der Waals surface area contributed by atoms with Crippen molar-refractivity contribution in [1.82, 2.24) is 14.8 Å². The van der Waals surface area contributed by atoms with E-state index in [-0.39, 0.29) is 22.4 Å². The fraction of sp³-hybridized carbons (Fsp3) is 0.600. The molecule has 1 amide bonds. The molecule has 1 fully saturated rings. The lowest BCUT2D eigenvalue weighted by molar-refractivity contribution is 0.0733. The molecule has 1 aromatic heterocycles. The monoisotopic (exact) mass is 277 g/mol. The zero-order valence-electron chi connectivity index (χ0n) is 12.7. The van der Waals surface area contributed by atoms with Crippen LogP contribution >= 0.6 is 0 Å². The summed E-state index contributed by atoms with van der Waals surface area (Å²) in [5.74, 6) is -0.160. The van der Waals surface area contributed by atoms with E-state index in [1.165, 1.54) is 0 Å². The van der Waals surface area contributed by atoms with Crippen LogP contribution in [-0.4, -0.2) is 41.6 Å². The predicted octanol–water partition coefficient (Wildman–Crippen LogP) is 0.728. The Morgan fingerprint density at radius 2 is 1.80 bits per heavy atom. The van der Waals surface area contributed by atoms with Crippen molar-refractivity contribution in [3.63, 3.8) is 0 Å². The third kappa shape index (κ3) is 2.77. The maximum atomic E-state index is 12.4. The number of carbonyl (C=O) groups is 1. The van der Waals surface area contributed by atoms with Crippen LogP contribution in [0.3, 0.4) is 0 Å². The lowest BCUT2D eigenvalue weighted by atomic mass is 9.91. The summed E-state index contributed by atoms with van der Waals surface area (Å²) in [6, 6.07) is 3.56. The Balaban J connectivity index is 2.37. The highest BCUT2D eigenvalue weighted by Gasteiger charge is 2.24. The summed E-state index contributed by atoms with van der Waals surface area (Å²) in [4.78, 5) is 26.6. The van der Waals surface area contributed by atoms with Gasteiger partial charge in [0.2, 0.25) is 0 Å². The smallest absolute Gasteiger partial charge is 0.263 e. The molecule has 0 atom stereocenters. The van der Waals surface area contributed by atoms with Crippen LogP contribution in [0.25, 0.3) is 0 Å². The van der Waals surface area contributed by atoms with Crippen LogP contribution < -0.4 is 10.9 Å². The summed E-state index contributed by atoms with van der Waals surface area (Å²) in [7, 11) is 1.73. The quantitative estimate of drug-likeness (QED) is 0.823. The Hall–Kier alpha value is -1.62. The second-order valence-electron chi connectivity index (χ2n) is 6.29. The number of hydrogen-bond acceptors (Lipinski definition) is 3. The Kier molecular flexibility index (Phi) is 3.99. The van der Waals surface area contributed by atoms with E-state index < -0.39 is 0 Å². The number of carbonyl (C=O) groups excluding carboxylic acids is 1. The van der Waals surface area contributed by atoms with E-state index in [4.69, 9.17) is 0 Å². The molecule has 2 heterocycles.